The zero-order valence-corrected chi connectivity index (χ0v) is 7.66. The minimum atomic E-state index is -0.621. The Morgan fingerprint density at radius 1 is 1.75 bits per heavy atom. The Bertz CT molecular complexity index is 51.3. The molecule has 0 aliphatic carbocycles. The molecule has 0 rings (SSSR count). The van der Waals surface area contributed by atoms with Crippen LogP contribution in [0.3, 0.4) is 0 Å². The predicted molar refractivity (Wildman–Crippen MR) is 39.7 cm³/mol. The van der Waals surface area contributed by atoms with E-state index in [4.69, 9.17) is 27.6 Å². The Labute approximate surface area is 62.3 Å². The molecular formula is C4H9Cl2OSi. The highest BCUT2D eigenvalue weighted by Gasteiger charge is 1.94. The van der Waals surface area contributed by atoms with Gasteiger partial charge in [0.25, 0.3) is 0 Å². The van der Waals surface area contributed by atoms with Gasteiger partial charge in [-0.1, -0.05) is 36.5 Å². The summed E-state index contributed by atoms with van der Waals surface area (Å²) < 4.78 is 4.90. The van der Waals surface area contributed by atoms with Crippen LogP contribution in [0.1, 0.15) is 13.3 Å². The molecular weight excluding hydrogens is 163 g/mol. The van der Waals surface area contributed by atoms with E-state index in [0.29, 0.717) is 0 Å². The fraction of sp³-hybridized carbons (Fsp3) is 0.750. The van der Waals surface area contributed by atoms with Gasteiger partial charge in [0.15, 0.2) is 14.8 Å². The monoisotopic (exact) mass is 171 g/mol. The van der Waals surface area contributed by atoms with E-state index in [1.807, 2.05) is 0 Å². The van der Waals surface area contributed by atoms with E-state index in [9.17, 15) is 0 Å². The van der Waals surface area contributed by atoms with Crippen LogP contribution < -0.4 is 0 Å². The van der Waals surface area contributed by atoms with Crippen molar-refractivity contribution < 1.29 is 4.43 Å². The second-order valence-corrected chi connectivity index (χ2v) is 3.55. The molecule has 0 bridgehead atoms. The zero-order valence-electron chi connectivity index (χ0n) is 4.73. The first kappa shape index (κ1) is 8.76. The molecule has 0 unspecified atom stereocenters. The molecule has 0 atom stereocenters. The molecule has 0 heterocycles. The molecule has 0 spiro atoms. The molecule has 0 saturated heterocycles. The number of halogens is 2. The Hall–Kier alpha value is 0.757. The van der Waals surface area contributed by atoms with Crippen LogP contribution in [0.15, 0.2) is 0 Å². The maximum absolute atomic E-state index is 5.27. The molecule has 0 amide bonds. The van der Waals surface area contributed by atoms with E-state index in [2.05, 4.69) is 13.0 Å². The van der Waals surface area contributed by atoms with Gasteiger partial charge in [-0.3, -0.25) is 0 Å². The Kier molecular flexibility index (Phi) is 6.44. The fourth-order valence-corrected chi connectivity index (χ4v) is 1.21. The van der Waals surface area contributed by atoms with E-state index in [1.165, 1.54) is 0 Å². The fourth-order valence-electron chi connectivity index (χ4n) is 0.259. The number of hydrogen-bond acceptors (Lipinski definition) is 1. The van der Waals surface area contributed by atoms with Gasteiger partial charge >= 0.3 is 0 Å². The summed E-state index contributed by atoms with van der Waals surface area (Å²) in [6.07, 6.45) is 1.05. The SMILES string of the molecule is CC[CH][SiH2]OC(Cl)Cl. The lowest BCUT2D eigenvalue weighted by molar-refractivity contribution is 0.379. The van der Waals surface area contributed by atoms with E-state index >= 15 is 0 Å². The van der Waals surface area contributed by atoms with E-state index in [-0.39, 0.29) is 0 Å². The molecule has 1 nitrogen and oxygen atoms in total. The summed E-state index contributed by atoms with van der Waals surface area (Å²) in [5, 5.41) is -0.621. The maximum atomic E-state index is 5.27. The van der Waals surface area contributed by atoms with E-state index in [1.54, 1.807) is 0 Å². The summed E-state index contributed by atoms with van der Waals surface area (Å²) in [6, 6.07) is 2.10. The van der Waals surface area contributed by atoms with Crippen molar-refractivity contribution in [1.29, 1.82) is 0 Å². The highest BCUT2D eigenvalue weighted by Crippen LogP contribution is 2.01. The Balaban J connectivity index is 2.72. The van der Waals surface area contributed by atoms with Crippen LogP contribution in [-0.2, 0) is 4.43 Å². The number of hydrogen-bond donors (Lipinski definition) is 0. The molecule has 0 saturated carbocycles. The third kappa shape index (κ3) is 6.76. The van der Waals surface area contributed by atoms with Gasteiger partial charge in [0.2, 0.25) is 0 Å². The van der Waals surface area contributed by atoms with Crippen LogP contribution in [0.25, 0.3) is 0 Å². The summed E-state index contributed by atoms with van der Waals surface area (Å²) in [4.78, 5) is 0. The third-order valence-electron chi connectivity index (χ3n) is 0.629. The van der Waals surface area contributed by atoms with Gasteiger partial charge in [-0.15, -0.1) is 0 Å². The van der Waals surface area contributed by atoms with Gasteiger partial charge < -0.3 is 4.43 Å². The van der Waals surface area contributed by atoms with Crippen LogP contribution in [-0.4, -0.2) is 14.8 Å². The quantitative estimate of drug-likeness (QED) is 0.354. The maximum Gasteiger partial charge on any atom is 0.197 e. The van der Waals surface area contributed by atoms with Crippen molar-refractivity contribution >= 4 is 33.0 Å². The van der Waals surface area contributed by atoms with Gasteiger partial charge in [-0.05, 0) is 6.04 Å². The smallest absolute Gasteiger partial charge is 0.197 e. The van der Waals surface area contributed by atoms with Crippen molar-refractivity contribution in [3.05, 3.63) is 6.04 Å². The van der Waals surface area contributed by atoms with E-state index < -0.39 is 14.8 Å². The standard InChI is InChI=1S/C4H9Cl2OSi/c1-2-3-8-7-4(5)6/h3-4H,2,8H2,1H3. The molecule has 0 aliphatic heterocycles. The highest BCUT2D eigenvalue weighted by molar-refractivity contribution is 6.46. The van der Waals surface area contributed by atoms with Gasteiger partial charge in [-0.25, -0.2) is 0 Å². The van der Waals surface area contributed by atoms with E-state index in [0.717, 1.165) is 6.42 Å². The average Bonchev–Trinajstić information content (AvgIpc) is 1.66. The number of rotatable bonds is 4. The first-order valence-electron chi connectivity index (χ1n) is 2.48. The van der Waals surface area contributed by atoms with Crippen molar-refractivity contribution in [3.8, 4) is 0 Å². The summed E-state index contributed by atoms with van der Waals surface area (Å²) in [5.41, 5.74) is 0. The molecule has 8 heavy (non-hydrogen) atoms. The summed E-state index contributed by atoms with van der Waals surface area (Å²) in [5.74, 6) is 0. The lowest BCUT2D eigenvalue weighted by atomic mass is 10.6. The first-order valence-corrected chi connectivity index (χ1v) is 4.75. The van der Waals surface area contributed by atoms with Crippen molar-refractivity contribution in [3.63, 3.8) is 0 Å². The molecule has 0 aliphatic rings. The van der Waals surface area contributed by atoms with Crippen LogP contribution in [0.4, 0.5) is 0 Å². The van der Waals surface area contributed by atoms with Crippen molar-refractivity contribution in [2.45, 2.75) is 18.4 Å². The number of alkyl halides is 2. The molecule has 0 aromatic carbocycles. The lowest BCUT2D eigenvalue weighted by Gasteiger charge is -1.99. The van der Waals surface area contributed by atoms with Crippen LogP contribution >= 0.6 is 23.2 Å². The molecule has 4 heteroatoms. The second kappa shape index (κ2) is 5.89. The third-order valence-corrected chi connectivity index (χ3v) is 2.64. The topological polar surface area (TPSA) is 9.23 Å². The molecule has 0 N–H and O–H groups in total. The average molecular weight is 172 g/mol. The van der Waals surface area contributed by atoms with Crippen LogP contribution in [0.2, 0.25) is 0 Å². The summed E-state index contributed by atoms with van der Waals surface area (Å²) >= 11 is 10.5. The predicted octanol–water partition coefficient (Wildman–Crippen LogP) is 1.42. The van der Waals surface area contributed by atoms with Crippen molar-refractivity contribution in [2.75, 3.05) is 0 Å². The van der Waals surface area contributed by atoms with Gasteiger partial charge in [0.1, 0.15) is 0 Å². The Morgan fingerprint density at radius 3 is 2.75 bits per heavy atom. The molecule has 0 fully saturated rings. The minimum absolute atomic E-state index is 0.525. The largest absolute Gasteiger partial charge is 0.397 e. The van der Waals surface area contributed by atoms with Gasteiger partial charge in [-0.2, -0.15) is 0 Å². The first-order chi connectivity index (χ1) is 3.77. The van der Waals surface area contributed by atoms with Crippen LogP contribution in [0, 0.1) is 6.04 Å². The molecule has 1 radical (unpaired) electrons. The minimum Gasteiger partial charge on any atom is -0.397 e. The van der Waals surface area contributed by atoms with Gasteiger partial charge in [0.05, 0.1) is 0 Å². The van der Waals surface area contributed by atoms with Gasteiger partial charge in [0, 0.05) is 0 Å². The second-order valence-electron chi connectivity index (χ2n) is 1.29. The van der Waals surface area contributed by atoms with Crippen molar-refractivity contribution in [2.24, 2.45) is 0 Å². The Morgan fingerprint density at radius 2 is 2.38 bits per heavy atom. The summed E-state index contributed by atoms with van der Waals surface area (Å²) in [7, 11) is -0.525. The lowest BCUT2D eigenvalue weighted by Crippen LogP contribution is -2.02. The zero-order chi connectivity index (χ0) is 6.41. The summed E-state index contributed by atoms with van der Waals surface area (Å²) in [6.45, 7) is 2.06. The van der Waals surface area contributed by atoms with Crippen molar-refractivity contribution in [1.82, 2.24) is 0 Å². The molecule has 0 aromatic rings. The molecule has 49 valence electrons. The molecule has 0 aromatic heterocycles. The normalized spacial score (nSPS) is 12.0. The highest BCUT2D eigenvalue weighted by atomic mass is 35.5. The van der Waals surface area contributed by atoms with Crippen LogP contribution in [0.5, 0.6) is 0 Å².